The number of amides is 1. The molecule has 2 aliphatic heterocycles. The first kappa shape index (κ1) is 23.3. The number of anilines is 1. The van der Waals surface area contributed by atoms with Crippen LogP contribution in [-0.4, -0.2) is 45.9 Å². The predicted octanol–water partition coefficient (Wildman–Crippen LogP) is 4.17. The summed E-state index contributed by atoms with van der Waals surface area (Å²) in [5, 5.41) is 25.4. The maximum atomic E-state index is 13.6. The Balaban J connectivity index is 1.27. The number of fused-ring (bicyclic) bond motifs is 1. The Labute approximate surface area is 211 Å². The molecule has 0 bridgehead atoms. The lowest BCUT2D eigenvalue weighted by molar-refractivity contribution is -0.142. The highest BCUT2D eigenvalue weighted by Gasteiger charge is 2.53. The average Bonchev–Trinajstić information content (AvgIpc) is 3.25. The van der Waals surface area contributed by atoms with E-state index in [0.29, 0.717) is 24.3 Å². The average molecular weight is 485 g/mol. The molecule has 6 heteroatoms. The summed E-state index contributed by atoms with van der Waals surface area (Å²) < 4.78 is 0. The lowest BCUT2D eigenvalue weighted by Crippen LogP contribution is -2.52. The third-order valence-electron chi connectivity index (χ3n) is 8.57. The first-order chi connectivity index (χ1) is 17.3. The summed E-state index contributed by atoms with van der Waals surface area (Å²) >= 11 is 0. The van der Waals surface area contributed by atoms with Gasteiger partial charge in [-0.2, -0.15) is 0 Å². The van der Waals surface area contributed by atoms with Gasteiger partial charge < -0.3 is 15.1 Å². The number of likely N-dealkylation sites (tertiary alicyclic amines) is 1. The van der Waals surface area contributed by atoms with E-state index in [1.54, 1.807) is 24.0 Å². The van der Waals surface area contributed by atoms with Crippen LogP contribution < -0.4 is 4.90 Å². The molecule has 36 heavy (non-hydrogen) atoms. The maximum Gasteiger partial charge on any atom is 0.264 e. The molecule has 2 heterocycles. The normalized spacial score (nSPS) is 28.2. The molecule has 0 spiro atoms. The van der Waals surface area contributed by atoms with Crippen molar-refractivity contribution >= 4 is 28.2 Å². The van der Waals surface area contributed by atoms with Crippen LogP contribution in [0.1, 0.15) is 62.3 Å². The van der Waals surface area contributed by atoms with Gasteiger partial charge in [0.05, 0.1) is 11.7 Å². The summed E-state index contributed by atoms with van der Waals surface area (Å²) in [7, 11) is 0. The number of rotatable bonds is 5. The van der Waals surface area contributed by atoms with Crippen LogP contribution in [0.4, 0.5) is 5.69 Å². The van der Waals surface area contributed by atoms with Gasteiger partial charge in [0.2, 0.25) is 0 Å². The fourth-order valence-electron chi connectivity index (χ4n) is 6.83. The molecule has 1 aliphatic carbocycles. The maximum absolute atomic E-state index is 13.6. The van der Waals surface area contributed by atoms with E-state index in [2.05, 4.69) is 29.2 Å². The topological polar surface area (TPSA) is 81.1 Å². The Hall–Kier alpha value is -3.06. The fourth-order valence-corrected chi connectivity index (χ4v) is 6.83. The highest BCUT2D eigenvalue weighted by molar-refractivity contribution is 6.09. The summed E-state index contributed by atoms with van der Waals surface area (Å²) in [6.07, 6.45) is 1.53. The van der Waals surface area contributed by atoms with E-state index in [4.69, 9.17) is 0 Å². The summed E-state index contributed by atoms with van der Waals surface area (Å²) in [6.45, 7) is 5.09. The first-order valence-corrected chi connectivity index (χ1v) is 12.9. The molecule has 3 aromatic carbocycles. The van der Waals surface area contributed by atoms with Crippen molar-refractivity contribution in [2.45, 2.75) is 62.8 Å². The molecule has 1 unspecified atom stereocenters. The lowest BCUT2D eigenvalue weighted by atomic mass is 9.89. The second-order valence-electron chi connectivity index (χ2n) is 10.7. The number of para-hydroxylation sites is 1. The predicted molar refractivity (Wildman–Crippen MR) is 139 cm³/mol. The van der Waals surface area contributed by atoms with Crippen LogP contribution >= 0.6 is 0 Å². The third-order valence-corrected chi connectivity index (χ3v) is 8.57. The summed E-state index contributed by atoms with van der Waals surface area (Å²) in [5.41, 5.74) is 0.552. The summed E-state index contributed by atoms with van der Waals surface area (Å²) in [4.78, 5) is 30.0. The molecule has 0 aromatic heterocycles. The van der Waals surface area contributed by atoms with Crippen molar-refractivity contribution in [2.24, 2.45) is 0 Å². The van der Waals surface area contributed by atoms with Crippen LogP contribution in [0.2, 0.25) is 0 Å². The quantitative estimate of drug-likeness (QED) is 0.568. The van der Waals surface area contributed by atoms with Crippen molar-refractivity contribution in [3.8, 4) is 0 Å². The zero-order chi connectivity index (χ0) is 25.2. The second-order valence-corrected chi connectivity index (χ2v) is 10.7. The van der Waals surface area contributed by atoms with Crippen LogP contribution in [0, 0.1) is 0 Å². The molecule has 3 aliphatic rings. The van der Waals surface area contributed by atoms with Crippen molar-refractivity contribution in [1.82, 2.24) is 4.90 Å². The number of carbonyl (C=O) groups excluding carboxylic acids is 2. The summed E-state index contributed by atoms with van der Waals surface area (Å²) in [5.74, 6) is -0.525. The van der Waals surface area contributed by atoms with Gasteiger partial charge in [0.25, 0.3) is 5.91 Å². The van der Waals surface area contributed by atoms with Gasteiger partial charge in [0, 0.05) is 37.5 Å². The molecule has 1 fully saturated rings. The minimum atomic E-state index is -1.80. The van der Waals surface area contributed by atoms with Crippen LogP contribution in [0.15, 0.2) is 60.7 Å². The van der Waals surface area contributed by atoms with E-state index in [1.165, 1.54) is 0 Å². The van der Waals surface area contributed by atoms with E-state index in [0.717, 1.165) is 34.7 Å². The Morgan fingerprint density at radius 3 is 2.36 bits per heavy atom. The molecular formula is C30H32N2O4. The zero-order valence-corrected chi connectivity index (χ0v) is 20.8. The molecule has 1 amide bonds. The van der Waals surface area contributed by atoms with Crippen LogP contribution in [0.3, 0.4) is 0 Å². The van der Waals surface area contributed by atoms with Gasteiger partial charge in [-0.3, -0.25) is 14.5 Å². The van der Waals surface area contributed by atoms with Gasteiger partial charge in [-0.15, -0.1) is 0 Å². The van der Waals surface area contributed by atoms with Crippen LogP contribution in [0.25, 0.3) is 10.8 Å². The van der Waals surface area contributed by atoms with Gasteiger partial charge >= 0.3 is 0 Å². The SMILES string of the molecule is CCC(=O)CC1(O)C(=O)N(C2CCN([C@H]3c4cccc5cccc(c45)[C@]3(C)O)CC2)c2ccccc21. The van der Waals surface area contributed by atoms with Crippen LogP contribution in [0.5, 0.6) is 0 Å². The number of nitrogens with zero attached hydrogens (tertiary/aromatic N) is 2. The smallest absolute Gasteiger partial charge is 0.264 e. The minimum Gasteiger partial charge on any atom is -0.383 e. The number of benzene rings is 3. The highest BCUT2D eigenvalue weighted by atomic mass is 16.3. The molecule has 2 N–H and O–H groups in total. The molecule has 6 nitrogen and oxygen atoms in total. The van der Waals surface area contributed by atoms with Crippen molar-refractivity contribution in [1.29, 1.82) is 0 Å². The molecule has 1 saturated heterocycles. The lowest BCUT2D eigenvalue weighted by Gasteiger charge is -2.43. The standard InChI is InChI=1S/C30H32N2O4/c1-3-21(33)18-30(36)23-11-4-5-13-25(23)32(28(30)34)20-14-16-31(17-15-20)27-22-10-6-8-19-9-7-12-24(26(19)22)29(27,2)35/h4-13,20,27,35-36H,3,14-18H2,1-2H3/t27-,29-,30?/m0/s1. The number of hydrogen-bond acceptors (Lipinski definition) is 5. The van der Waals surface area contributed by atoms with Gasteiger partial charge in [0.15, 0.2) is 5.60 Å². The Morgan fingerprint density at radius 2 is 1.64 bits per heavy atom. The van der Waals surface area contributed by atoms with Gasteiger partial charge in [-0.25, -0.2) is 0 Å². The fraction of sp³-hybridized carbons (Fsp3) is 0.400. The number of piperidine rings is 1. The van der Waals surface area contributed by atoms with Gasteiger partial charge in [-0.05, 0) is 47.7 Å². The molecule has 0 saturated carbocycles. The van der Waals surface area contributed by atoms with Crippen LogP contribution in [-0.2, 0) is 20.8 Å². The number of ketones is 1. The Morgan fingerprint density at radius 1 is 0.972 bits per heavy atom. The summed E-state index contributed by atoms with van der Waals surface area (Å²) in [6, 6.07) is 19.5. The number of Topliss-reactive ketones (excluding diaryl/α,β-unsaturated/α-hetero) is 1. The molecule has 6 rings (SSSR count). The molecular weight excluding hydrogens is 452 g/mol. The van der Waals surface area contributed by atoms with E-state index < -0.39 is 17.1 Å². The molecule has 0 radical (unpaired) electrons. The van der Waals surface area contributed by atoms with E-state index in [1.807, 2.05) is 31.2 Å². The number of hydrogen-bond donors (Lipinski definition) is 2. The largest absolute Gasteiger partial charge is 0.383 e. The van der Waals surface area contributed by atoms with E-state index in [-0.39, 0.29) is 30.7 Å². The number of carbonyl (C=O) groups is 2. The van der Waals surface area contributed by atoms with Crippen molar-refractivity contribution in [3.05, 3.63) is 77.4 Å². The second kappa shape index (κ2) is 8.23. The van der Waals surface area contributed by atoms with Gasteiger partial charge in [-0.1, -0.05) is 61.5 Å². The van der Waals surface area contributed by atoms with Crippen molar-refractivity contribution in [3.63, 3.8) is 0 Å². The van der Waals surface area contributed by atoms with E-state index in [9.17, 15) is 19.8 Å². The van der Waals surface area contributed by atoms with Gasteiger partial charge in [0.1, 0.15) is 11.4 Å². The Bertz CT molecular complexity index is 1370. The monoisotopic (exact) mass is 484 g/mol. The van der Waals surface area contributed by atoms with Crippen molar-refractivity contribution < 1.29 is 19.8 Å². The Kier molecular flexibility index (Phi) is 5.34. The van der Waals surface area contributed by atoms with E-state index >= 15 is 0 Å². The molecule has 3 aromatic rings. The number of aliphatic hydroxyl groups is 2. The third kappa shape index (κ3) is 3.21. The minimum absolute atomic E-state index is 0.0785. The molecule has 186 valence electrons. The first-order valence-electron chi connectivity index (χ1n) is 12.9. The highest BCUT2D eigenvalue weighted by Crippen LogP contribution is 2.52. The molecule has 3 atom stereocenters. The zero-order valence-electron chi connectivity index (χ0n) is 20.8. The van der Waals surface area contributed by atoms with Crippen molar-refractivity contribution in [2.75, 3.05) is 18.0 Å².